The highest BCUT2D eigenvalue weighted by atomic mass is 16.5. The van der Waals surface area contributed by atoms with Crippen LogP contribution < -0.4 is 15.8 Å². The average molecular weight is 388 g/mol. The van der Waals surface area contributed by atoms with E-state index in [-0.39, 0.29) is 12.5 Å². The quantitative estimate of drug-likeness (QED) is 0.535. The predicted molar refractivity (Wildman–Crippen MR) is 110 cm³/mol. The van der Waals surface area contributed by atoms with Gasteiger partial charge in [0.05, 0.1) is 5.52 Å². The summed E-state index contributed by atoms with van der Waals surface area (Å²) in [6.07, 6.45) is 0. The maximum Gasteiger partial charge on any atom is 0.420 e. The second-order valence-electron chi connectivity index (χ2n) is 6.62. The maximum atomic E-state index is 12.7. The molecule has 0 bridgehead atoms. The van der Waals surface area contributed by atoms with E-state index in [0.717, 1.165) is 11.3 Å². The van der Waals surface area contributed by atoms with E-state index in [1.807, 2.05) is 54.6 Å². The summed E-state index contributed by atoms with van der Waals surface area (Å²) < 4.78 is 12.5. The molecule has 0 spiro atoms. The molecule has 0 saturated carbocycles. The molecule has 6 heteroatoms. The number of nitrogens with one attached hydrogen (secondary N) is 1. The first-order valence-electron chi connectivity index (χ1n) is 9.32. The molecule has 0 fully saturated rings. The van der Waals surface area contributed by atoms with Crippen LogP contribution in [0.4, 0.5) is 0 Å². The summed E-state index contributed by atoms with van der Waals surface area (Å²) in [5, 5.41) is 2.88. The van der Waals surface area contributed by atoms with Gasteiger partial charge in [0.15, 0.2) is 5.58 Å². The maximum absolute atomic E-state index is 12.7. The monoisotopic (exact) mass is 388 g/mol. The molecule has 0 aliphatic carbocycles. The largest absolute Gasteiger partial charge is 0.457 e. The Hall–Kier alpha value is -3.80. The molecule has 29 heavy (non-hydrogen) atoms. The van der Waals surface area contributed by atoms with Crippen molar-refractivity contribution in [2.24, 2.45) is 0 Å². The number of fused-ring (bicyclic) bond motifs is 1. The van der Waals surface area contributed by atoms with Gasteiger partial charge in [0.2, 0.25) is 5.91 Å². The Kier molecular flexibility index (Phi) is 5.16. The molecule has 0 aliphatic heterocycles. The van der Waals surface area contributed by atoms with Crippen LogP contribution in [0.1, 0.15) is 18.5 Å². The molecule has 1 aromatic heterocycles. The van der Waals surface area contributed by atoms with Crippen LogP contribution in [0.15, 0.2) is 88.1 Å². The number of aromatic nitrogens is 1. The third kappa shape index (κ3) is 3.91. The van der Waals surface area contributed by atoms with E-state index in [4.69, 9.17) is 9.15 Å². The molecule has 1 N–H and O–H groups in total. The van der Waals surface area contributed by atoms with Crippen molar-refractivity contribution in [1.29, 1.82) is 0 Å². The number of hydrogen-bond donors (Lipinski definition) is 1. The molecular weight excluding hydrogens is 368 g/mol. The molecule has 0 aliphatic rings. The third-order valence-corrected chi connectivity index (χ3v) is 4.68. The summed E-state index contributed by atoms with van der Waals surface area (Å²) in [6.45, 7) is 1.95. The fraction of sp³-hybridized carbons (Fsp3) is 0.130. The minimum Gasteiger partial charge on any atom is -0.457 e. The van der Waals surface area contributed by atoms with Crippen LogP contribution in [0.2, 0.25) is 0 Å². The van der Waals surface area contributed by atoms with E-state index < -0.39 is 11.8 Å². The smallest absolute Gasteiger partial charge is 0.420 e. The normalized spacial score (nSPS) is 11.9. The molecule has 146 valence electrons. The molecule has 1 amide bonds. The summed E-state index contributed by atoms with van der Waals surface area (Å²) in [7, 11) is 0. The number of carbonyl (C=O) groups is 1. The number of benzene rings is 3. The lowest BCUT2D eigenvalue weighted by Gasteiger charge is -2.15. The molecule has 3 aromatic carbocycles. The number of hydrogen-bond acceptors (Lipinski definition) is 4. The van der Waals surface area contributed by atoms with Gasteiger partial charge in [-0.05, 0) is 37.3 Å². The number of para-hydroxylation sites is 4. The van der Waals surface area contributed by atoms with Gasteiger partial charge in [-0.2, -0.15) is 0 Å². The topological polar surface area (TPSA) is 73.5 Å². The lowest BCUT2D eigenvalue weighted by molar-refractivity contribution is -0.124. The van der Waals surface area contributed by atoms with E-state index in [1.54, 1.807) is 31.2 Å². The standard InChI is InChI=1S/C23H20N2O4/c1-16(25-19-12-6-8-14-21(19)29-23(25)27)22(26)24-15-17-9-5-7-13-20(17)28-18-10-3-2-4-11-18/h2-14,16H,15H2,1H3,(H,24,26). The zero-order chi connectivity index (χ0) is 20.2. The van der Waals surface area contributed by atoms with Crippen LogP contribution in [-0.4, -0.2) is 10.5 Å². The zero-order valence-corrected chi connectivity index (χ0v) is 15.9. The average Bonchev–Trinajstić information content (AvgIpc) is 3.08. The molecular formula is C23H20N2O4. The number of nitrogens with zero attached hydrogens (tertiary/aromatic N) is 1. The van der Waals surface area contributed by atoms with Gasteiger partial charge in [0.1, 0.15) is 17.5 Å². The Morgan fingerprint density at radius 3 is 2.52 bits per heavy atom. The van der Waals surface area contributed by atoms with Crippen molar-refractivity contribution in [3.05, 3.63) is 95.0 Å². The van der Waals surface area contributed by atoms with Crippen molar-refractivity contribution in [3.8, 4) is 11.5 Å². The summed E-state index contributed by atoms with van der Waals surface area (Å²) >= 11 is 0. The molecule has 6 nitrogen and oxygen atoms in total. The Labute approximate surface area is 167 Å². The molecule has 1 atom stereocenters. The molecule has 1 heterocycles. The fourth-order valence-electron chi connectivity index (χ4n) is 3.16. The fourth-order valence-corrected chi connectivity index (χ4v) is 3.16. The van der Waals surface area contributed by atoms with Crippen molar-refractivity contribution >= 4 is 17.0 Å². The highest BCUT2D eigenvalue weighted by Crippen LogP contribution is 2.25. The number of ether oxygens (including phenoxy) is 1. The molecule has 4 rings (SSSR count). The molecule has 1 unspecified atom stereocenters. The van der Waals surface area contributed by atoms with Crippen LogP contribution in [0, 0.1) is 0 Å². The Morgan fingerprint density at radius 2 is 1.69 bits per heavy atom. The number of oxazole rings is 1. The lowest BCUT2D eigenvalue weighted by atomic mass is 10.2. The van der Waals surface area contributed by atoms with Gasteiger partial charge < -0.3 is 14.5 Å². The van der Waals surface area contributed by atoms with Crippen LogP contribution in [0.25, 0.3) is 11.1 Å². The summed E-state index contributed by atoms with van der Waals surface area (Å²) in [4.78, 5) is 24.9. The lowest BCUT2D eigenvalue weighted by Crippen LogP contribution is -2.34. The predicted octanol–water partition coefficient (Wildman–Crippen LogP) is 4.26. The Morgan fingerprint density at radius 1 is 1.00 bits per heavy atom. The Balaban J connectivity index is 1.50. The first kappa shape index (κ1) is 18.6. The van der Waals surface area contributed by atoms with E-state index in [0.29, 0.717) is 16.8 Å². The van der Waals surface area contributed by atoms with Crippen LogP contribution in [0.5, 0.6) is 11.5 Å². The highest BCUT2D eigenvalue weighted by Gasteiger charge is 2.21. The van der Waals surface area contributed by atoms with E-state index in [2.05, 4.69) is 5.32 Å². The van der Waals surface area contributed by atoms with Crippen LogP contribution >= 0.6 is 0 Å². The molecule has 0 radical (unpaired) electrons. The van der Waals surface area contributed by atoms with Gasteiger partial charge in [0.25, 0.3) is 0 Å². The second-order valence-corrected chi connectivity index (χ2v) is 6.62. The van der Waals surface area contributed by atoms with Gasteiger partial charge in [0, 0.05) is 12.1 Å². The number of amides is 1. The zero-order valence-electron chi connectivity index (χ0n) is 15.9. The van der Waals surface area contributed by atoms with E-state index in [9.17, 15) is 9.59 Å². The van der Waals surface area contributed by atoms with Crippen molar-refractivity contribution in [3.63, 3.8) is 0 Å². The van der Waals surface area contributed by atoms with Crippen molar-refractivity contribution in [2.45, 2.75) is 19.5 Å². The SMILES string of the molecule is CC(C(=O)NCc1ccccc1Oc1ccccc1)n1c(=O)oc2ccccc21. The first-order valence-corrected chi connectivity index (χ1v) is 9.32. The Bertz CT molecular complexity index is 1190. The van der Waals surface area contributed by atoms with Crippen molar-refractivity contribution < 1.29 is 13.9 Å². The van der Waals surface area contributed by atoms with E-state index in [1.165, 1.54) is 4.57 Å². The van der Waals surface area contributed by atoms with Gasteiger partial charge in [-0.1, -0.05) is 48.5 Å². The minimum atomic E-state index is -0.714. The van der Waals surface area contributed by atoms with Crippen molar-refractivity contribution in [2.75, 3.05) is 0 Å². The third-order valence-electron chi connectivity index (χ3n) is 4.68. The highest BCUT2D eigenvalue weighted by molar-refractivity contribution is 5.82. The van der Waals surface area contributed by atoms with Gasteiger partial charge in [-0.15, -0.1) is 0 Å². The number of carbonyl (C=O) groups excluding carboxylic acids is 1. The minimum absolute atomic E-state index is 0.275. The van der Waals surface area contributed by atoms with E-state index >= 15 is 0 Å². The number of rotatable bonds is 6. The summed E-state index contributed by atoms with van der Waals surface area (Å²) in [5.41, 5.74) is 1.88. The molecule has 4 aromatic rings. The van der Waals surface area contributed by atoms with Crippen LogP contribution in [-0.2, 0) is 11.3 Å². The van der Waals surface area contributed by atoms with Crippen LogP contribution in [0.3, 0.4) is 0 Å². The van der Waals surface area contributed by atoms with Crippen molar-refractivity contribution in [1.82, 2.24) is 9.88 Å². The molecule has 0 saturated heterocycles. The summed E-state index contributed by atoms with van der Waals surface area (Å²) in [6, 6.07) is 23.3. The summed E-state index contributed by atoms with van der Waals surface area (Å²) in [5.74, 6) is 0.545. The van der Waals surface area contributed by atoms with Gasteiger partial charge in [-0.3, -0.25) is 9.36 Å². The van der Waals surface area contributed by atoms with Gasteiger partial charge in [-0.25, -0.2) is 4.79 Å². The van der Waals surface area contributed by atoms with Gasteiger partial charge >= 0.3 is 5.76 Å². The second kappa shape index (κ2) is 8.06. The first-order chi connectivity index (χ1) is 14.1.